The van der Waals surface area contributed by atoms with Gasteiger partial charge in [0.15, 0.2) is 0 Å². The maximum absolute atomic E-state index is 13.1. The summed E-state index contributed by atoms with van der Waals surface area (Å²) >= 11 is 0. The molecule has 11 heteroatoms. The van der Waals surface area contributed by atoms with E-state index in [0.717, 1.165) is 17.7 Å². The summed E-state index contributed by atoms with van der Waals surface area (Å²) in [4.78, 5) is 38.9. The Balaban J connectivity index is 1.54. The monoisotopic (exact) mass is 542 g/mol. The number of rotatable bonds is 8. The van der Waals surface area contributed by atoms with E-state index >= 15 is 0 Å². The maximum atomic E-state index is 13.1. The number of hydrogen-bond acceptors (Lipinski definition) is 5. The molecule has 3 aromatic rings. The van der Waals surface area contributed by atoms with Gasteiger partial charge < -0.3 is 24.8 Å². The van der Waals surface area contributed by atoms with E-state index in [9.17, 15) is 32.7 Å². The highest BCUT2D eigenvalue weighted by atomic mass is 19.4. The summed E-state index contributed by atoms with van der Waals surface area (Å²) in [7, 11) is 1.45. The van der Waals surface area contributed by atoms with Crippen LogP contribution in [0.15, 0.2) is 60.7 Å². The molecular weight excluding hydrogens is 517 g/mol. The number of fused-ring (bicyclic) bond motifs is 1. The molecule has 1 aliphatic rings. The molecule has 3 aromatic carbocycles. The lowest BCUT2D eigenvalue weighted by Crippen LogP contribution is -2.44. The molecule has 2 N–H and O–H groups in total. The number of carbonyl (C=O) groups excluding carboxylic acids is 2. The number of nitrogens with one attached hydrogen (secondary N) is 1. The largest absolute Gasteiger partial charge is 0.573 e. The van der Waals surface area contributed by atoms with Crippen LogP contribution in [0.5, 0.6) is 11.5 Å². The van der Waals surface area contributed by atoms with Crippen molar-refractivity contribution >= 4 is 23.5 Å². The van der Waals surface area contributed by atoms with Crippen LogP contribution in [0.1, 0.15) is 40.1 Å². The maximum Gasteiger partial charge on any atom is 0.573 e. The predicted molar refractivity (Wildman–Crippen MR) is 136 cm³/mol. The Morgan fingerprint density at radius 1 is 1.00 bits per heavy atom. The number of benzene rings is 3. The summed E-state index contributed by atoms with van der Waals surface area (Å²) < 4.78 is 46.4. The normalized spacial score (nSPS) is 13.7. The minimum Gasteiger partial charge on any atom is -0.496 e. The number of methoxy groups -OCH3 is 1. The van der Waals surface area contributed by atoms with Gasteiger partial charge in [-0.3, -0.25) is 9.59 Å². The lowest BCUT2D eigenvalue weighted by Gasteiger charge is -2.27. The van der Waals surface area contributed by atoms with E-state index in [1.54, 1.807) is 50.2 Å². The molecule has 4 rings (SSSR count). The van der Waals surface area contributed by atoms with Gasteiger partial charge in [-0.05, 0) is 59.5 Å². The number of ether oxygens (including phenoxy) is 2. The van der Waals surface area contributed by atoms with Crippen LogP contribution in [0, 0.1) is 5.92 Å². The van der Waals surface area contributed by atoms with E-state index in [-0.39, 0.29) is 23.9 Å². The molecule has 0 aromatic heterocycles. The molecule has 1 heterocycles. The summed E-state index contributed by atoms with van der Waals surface area (Å²) in [6.07, 6.45) is -4.83. The van der Waals surface area contributed by atoms with E-state index in [1.165, 1.54) is 24.1 Å². The van der Waals surface area contributed by atoms with Gasteiger partial charge in [-0.15, -0.1) is 13.2 Å². The summed E-state index contributed by atoms with van der Waals surface area (Å²) in [5, 5.41) is 12.3. The van der Waals surface area contributed by atoms with Crippen molar-refractivity contribution in [2.45, 2.75) is 32.8 Å². The lowest BCUT2D eigenvalue weighted by molar-refractivity contribution is -0.274. The topological polar surface area (TPSA) is 105 Å². The average molecular weight is 543 g/mol. The van der Waals surface area contributed by atoms with Gasteiger partial charge in [-0.25, -0.2) is 4.79 Å². The van der Waals surface area contributed by atoms with Crippen molar-refractivity contribution in [3.63, 3.8) is 0 Å². The molecule has 8 nitrogen and oxygen atoms in total. The van der Waals surface area contributed by atoms with Gasteiger partial charge in [0.2, 0.25) is 0 Å². The molecule has 0 saturated heterocycles. The first-order valence-electron chi connectivity index (χ1n) is 11.9. The van der Waals surface area contributed by atoms with Crippen LogP contribution in [0.4, 0.5) is 18.9 Å². The minimum atomic E-state index is -4.83. The van der Waals surface area contributed by atoms with Crippen LogP contribution in [0.2, 0.25) is 0 Å². The average Bonchev–Trinajstić information content (AvgIpc) is 3.18. The van der Waals surface area contributed by atoms with Gasteiger partial charge in [0.1, 0.15) is 17.5 Å². The Morgan fingerprint density at radius 2 is 1.69 bits per heavy atom. The third-order valence-electron chi connectivity index (χ3n) is 6.28. The number of halogens is 3. The Labute approximate surface area is 222 Å². The van der Waals surface area contributed by atoms with E-state index < -0.39 is 30.0 Å². The van der Waals surface area contributed by atoms with Crippen molar-refractivity contribution in [2.24, 2.45) is 5.92 Å². The van der Waals surface area contributed by atoms with Crippen molar-refractivity contribution in [2.75, 3.05) is 12.4 Å². The smallest absolute Gasteiger partial charge is 0.496 e. The van der Waals surface area contributed by atoms with Gasteiger partial charge in [-0.2, -0.15) is 0 Å². The Bertz CT molecular complexity index is 1420. The number of carboxylic acids is 1. The minimum absolute atomic E-state index is 0.121. The van der Waals surface area contributed by atoms with Crippen LogP contribution in [-0.4, -0.2) is 47.3 Å². The molecule has 2 amide bonds. The SMILES string of the molecule is COc1cc(NC(=O)c2ccc(OC(F)(F)F)cc2)ccc1-c1ccc2c(c1)C(=O)N([C@H](C(=O)O)C(C)C)C2. The van der Waals surface area contributed by atoms with Gasteiger partial charge in [0.05, 0.1) is 7.11 Å². The zero-order valence-corrected chi connectivity index (χ0v) is 21.2. The molecule has 0 radical (unpaired) electrons. The third-order valence-corrected chi connectivity index (χ3v) is 6.28. The van der Waals surface area contributed by atoms with E-state index in [2.05, 4.69) is 10.1 Å². The molecule has 0 unspecified atom stereocenters. The molecule has 204 valence electrons. The van der Waals surface area contributed by atoms with Gasteiger partial charge in [0.25, 0.3) is 11.8 Å². The Kier molecular flexibility index (Phi) is 7.53. The van der Waals surface area contributed by atoms with Gasteiger partial charge >= 0.3 is 12.3 Å². The zero-order chi connectivity index (χ0) is 28.5. The fourth-order valence-corrected chi connectivity index (χ4v) is 4.51. The lowest BCUT2D eigenvalue weighted by atomic mass is 9.99. The zero-order valence-electron chi connectivity index (χ0n) is 21.2. The van der Waals surface area contributed by atoms with Crippen molar-refractivity contribution in [3.05, 3.63) is 77.4 Å². The number of carboxylic acid groups (broad SMARTS) is 1. The summed E-state index contributed by atoms with van der Waals surface area (Å²) in [6, 6.07) is 13.7. The molecule has 0 spiro atoms. The molecule has 1 aliphatic heterocycles. The Morgan fingerprint density at radius 3 is 2.28 bits per heavy atom. The molecule has 39 heavy (non-hydrogen) atoms. The van der Waals surface area contributed by atoms with E-state index in [1.807, 2.05) is 0 Å². The highest BCUT2D eigenvalue weighted by Gasteiger charge is 2.38. The molecule has 0 fully saturated rings. The number of amides is 2. The molecule has 0 bridgehead atoms. The second-order valence-electron chi connectivity index (χ2n) is 9.27. The van der Waals surface area contributed by atoms with Crippen LogP contribution in [0.3, 0.4) is 0 Å². The van der Waals surface area contributed by atoms with Gasteiger partial charge in [-0.1, -0.05) is 26.0 Å². The van der Waals surface area contributed by atoms with Crippen molar-refractivity contribution in [1.29, 1.82) is 0 Å². The third kappa shape index (κ3) is 5.97. The second-order valence-corrected chi connectivity index (χ2v) is 9.27. The highest BCUT2D eigenvalue weighted by Crippen LogP contribution is 2.36. The number of carbonyl (C=O) groups is 3. The second kappa shape index (κ2) is 10.7. The van der Waals surface area contributed by atoms with E-state index in [4.69, 9.17) is 4.74 Å². The van der Waals surface area contributed by atoms with Crippen molar-refractivity contribution in [1.82, 2.24) is 4.90 Å². The van der Waals surface area contributed by atoms with Crippen LogP contribution < -0.4 is 14.8 Å². The van der Waals surface area contributed by atoms with E-state index in [0.29, 0.717) is 28.1 Å². The fourth-order valence-electron chi connectivity index (χ4n) is 4.51. The number of nitrogens with zero attached hydrogens (tertiary/aromatic N) is 1. The highest BCUT2D eigenvalue weighted by molar-refractivity contribution is 6.05. The first-order valence-corrected chi connectivity index (χ1v) is 11.9. The van der Waals surface area contributed by atoms with Crippen LogP contribution in [0.25, 0.3) is 11.1 Å². The summed E-state index contributed by atoms with van der Waals surface area (Å²) in [6.45, 7) is 3.71. The summed E-state index contributed by atoms with van der Waals surface area (Å²) in [5.74, 6) is -2.28. The Hall–Kier alpha value is -4.54. The van der Waals surface area contributed by atoms with Crippen molar-refractivity contribution < 1.29 is 42.1 Å². The van der Waals surface area contributed by atoms with Crippen LogP contribution >= 0.6 is 0 Å². The predicted octanol–water partition coefficient (Wildman–Crippen LogP) is 5.58. The standard InChI is InChI=1S/C28H25F3N2O6/c1-15(2)24(27(36)37)33-14-18-5-4-17(12-22(18)26(33)35)21-11-8-19(13-23(21)38-3)32-25(34)16-6-9-20(10-7-16)39-28(29,30)31/h4-13,15,24H,14H2,1-3H3,(H,32,34)(H,36,37)/t24-/m0/s1. The molecule has 0 aliphatic carbocycles. The van der Waals surface area contributed by atoms with Crippen LogP contribution in [-0.2, 0) is 11.3 Å². The summed E-state index contributed by atoms with van der Waals surface area (Å²) in [5.41, 5.74) is 2.94. The molecular formula is C28H25F3N2O6. The first kappa shape index (κ1) is 27.5. The van der Waals surface area contributed by atoms with Gasteiger partial charge in [0, 0.05) is 35.0 Å². The molecule has 0 saturated carbocycles. The molecule has 1 atom stereocenters. The first-order chi connectivity index (χ1) is 18.4. The number of hydrogen-bond donors (Lipinski definition) is 2. The van der Waals surface area contributed by atoms with Crippen molar-refractivity contribution in [3.8, 4) is 22.6 Å². The number of anilines is 1. The number of alkyl halides is 3. The number of aliphatic carboxylic acids is 1. The quantitative estimate of drug-likeness (QED) is 0.385. The fraction of sp³-hybridized carbons (Fsp3) is 0.250.